The highest BCUT2D eigenvalue weighted by Crippen LogP contribution is 2.31. The molecule has 6 nitrogen and oxygen atoms in total. The van der Waals surface area contributed by atoms with E-state index in [1.807, 2.05) is 0 Å². The van der Waals surface area contributed by atoms with Gasteiger partial charge in [-0.1, -0.05) is 0 Å². The number of methoxy groups -OCH3 is 2. The van der Waals surface area contributed by atoms with Gasteiger partial charge in [0, 0.05) is 6.08 Å². The zero-order chi connectivity index (χ0) is 14.5. The van der Waals surface area contributed by atoms with Gasteiger partial charge in [0.25, 0.3) is 0 Å². The summed E-state index contributed by atoms with van der Waals surface area (Å²) in [5.74, 6) is 0.889. The van der Waals surface area contributed by atoms with Crippen LogP contribution >= 0.6 is 0 Å². The zero-order valence-corrected chi connectivity index (χ0v) is 11.1. The van der Waals surface area contributed by atoms with Crippen LogP contribution in [0.4, 0.5) is 0 Å². The first-order valence-electron chi connectivity index (χ1n) is 5.82. The standard InChI is InChI=1S/C14H14N2O4/c1-19-10-4-5-12(20-2)11(7-10)14-15-8-9(16-14)3-6-13(17)18/h3-8H,1-2H3,(H,15,16)(H,17,18)/b6-3+. The van der Waals surface area contributed by atoms with Gasteiger partial charge < -0.3 is 19.6 Å². The Kier molecular flexibility index (Phi) is 4.05. The number of aliphatic carboxylic acids is 1. The number of rotatable bonds is 5. The van der Waals surface area contributed by atoms with Crippen LogP contribution in [0.25, 0.3) is 17.5 Å². The minimum Gasteiger partial charge on any atom is -0.497 e. The summed E-state index contributed by atoms with van der Waals surface area (Å²) in [4.78, 5) is 17.7. The summed E-state index contributed by atoms with van der Waals surface area (Å²) >= 11 is 0. The van der Waals surface area contributed by atoms with Crippen LogP contribution in [0, 0.1) is 0 Å². The fraction of sp³-hybridized carbons (Fsp3) is 0.143. The zero-order valence-electron chi connectivity index (χ0n) is 11.1. The average Bonchev–Trinajstić information content (AvgIpc) is 2.93. The summed E-state index contributed by atoms with van der Waals surface area (Å²) in [5, 5.41) is 8.59. The van der Waals surface area contributed by atoms with Crippen LogP contribution in [0.15, 0.2) is 30.5 Å². The predicted octanol–water partition coefficient (Wildman–Crippen LogP) is 2.19. The van der Waals surface area contributed by atoms with E-state index in [0.717, 1.165) is 11.6 Å². The lowest BCUT2D eigenvalue weighted by atomic mass is 10.2. The van der Waals surface area contributed by atoms with Gasteiger partial charge >= 0.3 is 5.97 Å². The first-order valence-corrected chi connectivity index (χ1v) is 5.82. The lowest BCUT2D eigenvalue weighted by Gasteiger charge is -2.08. The largest absolute Gasteiger partial charge is 0.497 e. The van der Waals surface area contributed by atoms with Gasteiger partial charge in [0.1, 0.15) is 17.3 Å². The first-order chi connectivity index (χ1) is 9.63. The Morgan fingerprint density at radius 3 is 2.80 bits per heavy atom. The molecule has 0 unspecified atom stereocenters. The molecule has 1 heterocycles. The lowest BCUT2D eigenvalue weighted by molar-refractivity contribution is -0.131. The molecule has 0 fully saturated rings. The van der Waals surface area contributed by atoms with Crippen molar-refractivity contribution in [3.8, 4) is 22.9 Å². The number of ether oxygens (including phenoxy) is 2. The monoisotopic (exact) mass is 274 g/mol. The molecule has 0 atom stereocenters. The number of hydrogen-bond acceptors (Lipinski definition) is 4. The van der Waals surface area contributed by atoms with Gasteiger partial charge in [-0.25, -0.2) is 9.78 Å². The smallest absolute Gasteiger partial charge is 0.328 e. The molecule has 0 aliphatic rings. The molecule has 0 saturated heterocycles. The number of nitrogens with one attached hydrogen (secondary N) is 1. The van der Waals surface area contributed by atoms with Crippen LogP contribution in [0.1, 0.15) is 5.69 Å². The molecule has 1 aromatic heterocycles. The number of carboxylic acid groups (broad SMARTS) is 1. The lowest BCUT2D eigenvalue weighted by Crippen LogP contribution is -1.91. The third-order valence-electron chi connectivity index (χ3n) is 2.66. The molecule has 0 aliphatic carbocycles. The highest BCUT2D eigenvalue weighted by molar-refractivity contribution is 5.85. The minimum absolute atomic E-state index is 0.575. The Labute approximate surface area is 115 Å². The highest BCUT2D eigenvalue weighted by atomic mass is 16.5. The minimum atomic E-state index is -1.01. The van der Waals surface area contributed by atoms with Crippen LogP contribution in [-0.2, 0) is 4.79 Å². The fourth-order valence-corrected chi connectivity index (χ4v) is 1.72. The second-order valence-corrected chi connectivity index (χ2v) is 3.92. The number of hydrogen-bond donors (Lipinski definition) is 2. The van der Waals surface area contributed by atoms with Crippen molar-refractivity contribution in [1.29, 1.82) is 0 Å². The number of H-pyrrole nitrogens is 1. The molecule has 0 spiro atoms. The van der Waals surface area contributed by atoms with Crippen molar-refractivity contribution >= 4 is 12.0 Å². The number of carboxylic acids is 1. The van der Waals surface area contributed by atoms with Gasteiger partial charge in [0.15, 0.2) is 0 Å². The van der Waals surface area contributed by atoms with Crippen molar-refractivity contribution in [2.45, 2.75) is 0 Å². The van der Waals surface area contributed by atoms with E-state index in [1.54, 1.807) is 38.6 Å². The molecule has 6 heteroatoms. The van der Waals surface area contributed by atoms with Crippen molar-refractivity contribution in [1.82, 2.24) is 9.97 Å². The number of benzene rings is 1. The molecular formula is C14H14N2O4. The Morgan fingerprint density at radius 2 is 2.15 bits per heavy atom. The van der Waals surface area contributed by atoms with E-state index in [1.165, 1.54) is 6.08 Å². The van der Waals surface area contributed by atoms with Crippen molar-refractivity contribution in [2.75, 3.05) is 14.2 Å². The molecule has 20 heavy (non-hydrogen) atoms. The van der Waals surface area contributed by atoms with Crippen molar-refractivity contribution in [3.05, 3.63) is 36.2 Å². The Morgan fingerprint density at radius 1 is 1.35 bits per heavy atom. The molecule has 104 valence electrons. The normalized spacial score (nSPS) is 10.7. The molecule has 2 aromatic rings. The average molecular weight is 274 g/mol. The Hall–Kier alpha value is -2.76. The van der Waals surface area contributed by atoms with Crippen LogP contribution in [0.3, 0.4) is 0 Å². The van der Waals surface area contributed by atoms with E-state index in [2.05, 4.69) is 9.97 Å². The van der Waals surface area contributed by atoms with Crippen molar-refractivity contribution in [2.24, 2.45) is 0 Å². The molecule has 0 bridgehead atoms. The SMILES string of the molecule is COc1ccc(OC)c(-c2ncc(/C=C/C(=O)O)[nH]2)c1. The highest BCUT2D eigenvalue weighted by Gasteiger charge is 2.10. The van der Waals surface area contributed by atoms with Gasteiger partial charge in [-0.15, -0.1) is 0 Å². The van der Waals surface area contributed by atoms with E-state index in [-0.39, 0.29) is 0 Å². The van der Waals surface area contributed by atoms with Gasteiger partial charge in [0.05, 0.1) is 31.7 Å². The van der Waals surface area contributed by atoms with Crippen LogP contribution in [0.5, 0.6) is 11.5 Å². The van der Waals surface area contributed by atoms with Crippen LogP contribution in [0.2, 0.25) is 0 Å². The number of imidazole rings is 1. The first kappa shape index (κ1) is 13.7. The van der Waals surface area contributed by atoms with Gasteiger partial charge in [-0.3, -0.25) is 0 Å². The maximum atomic E-state index is 10.5. The number of aromatic amines is 1. The maximum Gasteiger partial charge on any atom is 0.328 e. The van der Waals surface area contributed by atoms with E-state index in [4.69, 9.17) is 14.6 Å². The van der Waals surface area contributed by atoms with Gasteiger partial charge in [0.2, 0.25) is 0 Å². The fourth-order valence-electron chi connectivity index (χ4n) is 1.72. The van der Waals surface area contributed by atoms with Crippen molar-refractivity contribution < 1.29 is 19.4 Å². The molecular weight excluding hydrogens is 260 g/mol. The molecule has 0 saturated carbocycles. The molecule has 0 amide bonds. The third-order valence-corrected chi connectivity index (χ3v) is 2.66. The summed E-state index contributed by atoms with van der Waals surface area (Å²) in [7, 11) is 3.15. The molecule has 1 aromatic carbocycles. The summed E-state index contributed by atoms with van der Waals surface area (Å²) in [5.41, 5.74) is 1.33. The molecule has 2 rings (SSSR count). The number of nitrogens with zero attached hydrogens (tertiary/aromatic N) is 1. The topological polar surface area (TPSA) is 84.4 Å². The van der Waals surface area contributed by atoms with Crippen LogP contribution < -0.4 is 9.47 Å². The van der Waals surface area contributed by atoms with Crippen LogP contribution in [-0.4, -0.2) is 35.3 Å². The van der Waals surface area contributed by atoms with E-state index < -0.39 is 5.97 Å². The quantitative estimate of drug-likeness (QED) is 0.816. The second kappa shape index (κ2) is 5.92. The van der Waals surface area contributed by atoms with E-state index in [9.17, 15) is 4.79 Å². The number of aromatic nitrogens is 2. The van der Waals surface area contributed by atoms with Gasteiger partial charge in [-0.2, -0.15) is 0 Å². The maximum absolute atomic E-state index is 10.5. The van der Waals surface area contributed by atoms with E-state index in [0.29, 0.717) is 23.0 Å². The molecule has 2 N–H and O–H groups in total. The van der Waals surface area contributed by atoms with Crippen molar-refractivity contribution in [3.63, 3.8) is 0 Å². The predicted molar refractivity (Wildman–Crippen MR) is 73.8 cm³/mol. The number of carbonyl (C=O) groups is 1. The summed E-state index contributed by atoms with van der Waals surface area (Å²) in [6.45, 7) is 0. The summed E-state index contributed by atoms with van der Waals surface area (Å²) < 4.78 is 10.5. The van der Waals surface area contributed by atoms with Gasteiger partial charge in [-0.05, 0) is 24.3 Å². The summed E-state index contributed by atoms with van der Waals surface area (Å²) in [6, 6.07) is 5.36. The molecule has 0 radical (unpaired) electrons. The third kappa shape index (κ3) is 2.97. The van der Waals surface area contributed by atoms with E-state index >= 15 is 0 Å². The second-order valence-electron chi connectivity index (χ2n) is 3.92. The summed E-state index contributed by atoms with van der Waals surface area (Å²) in [6.07, 6.45) is 4.03. The Bertz CT molecular complexity index is 646. The Balaban J connectivity index is 2.38. The molecule has 0 aliphatic heterocycles.